The van der Waals surface area contributed by atoms with E-state index in [2.05, 4.69) is 0 Å². The van der Waals surface area contributed by atoms with E-state index in [1.54, 1.807) is 7.11 Å². The molecule has 2 unspecified atom stereocenters. The fraction of sp³-hybridized carbons (Fsp3) is 0.571. The quantitative estimate of drug-likeness (QED) is 0.873. The van der Waals surface area contributed by atoms with E-state index in [0.717, 1.165) is 36.3 Å². The minimum absolute atomic E-state index is 0.190. The van der Waals surface area contributed by atoms with Crippen molar-refractivity contribution in [3.63, 3.8) is 0 Å². The largest absolute Gasteiger partial charge is 0.496 e. The van der Waals surface area contributed by atoms with E-state index in [9.17, 15) is 5.11 Å². The highest BCUT2D eigenvalue weighted by atomic mass is 16.5. The van der Waals surface area contributed by atoms with E-state index in [4.69, 9.17) is 9.47 Å². The second kappa shape index (κ2) is 5.52. The molecule has 17 heavy (non-hydrogen) atoms. The van der Waals surface area contributed by atoms with E-state index >= 15 is 0 Å². The molecule has 1 aromatic rings. The average Bonchev–Trinajstić information content (AvgIpc) is 2.81. The summed E-state index contributed by atoms with van der Waals surface area (Å²) in [5.41, 5.74) is 2.00. The topological polar surface area (TPSA) is 38.7 Å². The van der Waals surface area contributed by atoms with Crippen LogP contribution in [0.2, 0.25) is 0 Å². The highest BCUT2D eigenvalue weighted by Gasteiger charge is 2.22. The highest BCUT2D eigenvalue weighted by Crippen LogP contribution is 2.31. The van der Waals surface area contributed by atoms with Crippen LogP contribution >= 0.6 is 0 Å². The van der Waals surface area contributed by atoms with Gasteiger partial charge in [-0.1, -0.05) is 11.6 Å². The number of hydrogen-bond acceptors (Lipinski definition) is 3. The van der Waals surface area contributed by atoms with Gasteiger partial charge in [0.2, 0.25) is 0 Å². The van der Waals surface area contributed by atoms with Gasteiger partial charge in [0.15, 0.2) is 0 Å². The molecule has 0 amide bonds. The van der Waals surface area contributed by atoms with Gasteiger partial charge in [-0.25, -0.2) is 0 Å². The second-order valence-corrected chi connectivity index (χ2v) is 4.63. The maximum Gasteiger partial charge on any atom is 0.124 e. The van der Waals surface area contributed by atoms with Crippen molar-refractivity contribution in [2.75, 3.05) is 13.7 Å². The molecule has 1 aromatic carbocycles. The molecule has 0 bridgehead atoms. The van der Waals surface area contributed by atoms with Gasteiger partial charge in [-0.3, -0.25) is 0 Å². The van der Waals surface area contributed by atoms with Gasteiger partial charge >= 0.3 is 0 Å². The van der Waals surface area contributed by atoms with Gasteiger partial charge < -0.3 is 14.6 Å². The van der Waals surface area contributed by atoms with Crippen LogP contribution in [0.25, 0.3) is 0 Å². The summed E-state index contributed by atoms with van der Waals surface area (Å²) in [5.74, 6) is 0.751. The maximum atomic E-state index is 10.3. The lowest BCUT2D eigenvalue weighted by molar-refractivity contribution is 0.0526. The number of aliphatic hydroxyl groups excluding tert-OH is 1. The molecular formula is C14H20O3. The van der Waals surface area contributed by atoms with Crippen molar-refractivity contribution < 1.29 is 14.6 Å². The number of aryl methyl sites for hydroxylation is 1. The van der Waals surface area contributed by atoms with Crippen molar-refractivity contribution in [1.29, 1.82) is 0 Å². The third-order valence-corrected chi connectivity index (χ3v) is 3.25. The zero-order valence-corrected chi connectivity index (χ0v) is 10.5. The number of ether oxygens (including phenoxy) is 2. The van der Waals surface area contributed by atoms with Crippen LogP contribution in [0.15, 0.2) is 18.2 Å². The van der Waals surface area contributed by atoms with E-state index in [1.165, 1.54) is 0 Å². The molecule has 3 nitrogen and oxygen atoms in total. The smallest absolute Gasteiger partial charge is 0.124 e. The summed E-state index contributed by atoms with van der Waals surface area (Å²) < 4.78 is 10.8. The predicted molar refractivity (Wildman–Crippen MR) is 66.3 cm³/mol. The van der Waals surface area contributed by atoms with Gasteiger partial charge in [-0.2, -0.15) is 0 Å². The third-order valence-electron chi connectivity index (χ3n) is 3.25. The normalized spacial score (nSPS) is 21.5. The number of hydrogen-bond donors (Lipinski definition) is 1. The molecule has 0 saturated carbocycles. The Hall–Kier alpha value is -1.06. The molecule has 3 heteroatoms. The van der Waals surface area contributed by atoms with Crippen molar-refractivity contribution in [2.24, 2.45) is 0 Å². The highest BCUT2D eigenvalue weighted by molar-refractivity contribution is 5.38. The van der Waals surface area contributed by atoms with Crippen molar-refractivity contribution >= 4 is 0 Å². The van der Waals surface area contributed by atoms with E-state index < -0.39 is 6.10 Å². The van der Waals surface area contributed by atoms with Crippen LogP contribution in [-0.4, -0.2) is 24.9 Å². The Balaban J connectivity index is 2.11. The minimum Gasteiger partial charge on any atom is -0.496 e. The first-order valence-corrected chi connectivity index (χ1v) is 6.15. The number of rotatable bonds is 4. The molecule has 1 N–H and O–H groups in total. The Kier molecular flexibility index (Phi) is 4.02. The monoisotopic (exact) mass is 236 g/mol. The molecule has 0 spiro atoms. The van der Waals surface area contributed by atoms with Crippen LogP contribution in [-0.2, 0) is 4.74 Å². The average molecular weight is 236 g/mol. The minimum atomic E-state index is -0.507. The second-order valence-electron chi connectivity index (χ2n) is 4.63. The molecule has 1 heterocycles. The summed E-state index contributed by atoms with van der Waals surface area (Å²) in [5, 5.41) is 10.3. The lowest BCUT2D eigenvalue weighted by atomic mass is 9.99. The summed E-state index contributed by atoms with van der Waals surface area (Å²) in [7, 11) is 1.63. The zero-order valence-electron chi connectivity index (χ0n) is 10.5. The molecule has 0 aliphatic carbocycles. The Morgan fingerprint density at radius 1 is 1.53 bits per heavy atom. The Morgan fingerprint density at radius 2 is 2.35 bits per heavy atom. The summed E-state index contributed by atoms with van der Waals surface area (Å²) in [6.45, 7) is 2.84. The van der Waals surface area contributed by atoms with Gasteiger partial charge in [0, 0.05) is 18.6 Å². The summed E-state index contributed by atoms with van der Waals surface area (Å²) in [6.07, 6.45) is 2.48. The van der Waals surface area contributed by atoms with Crippen LogP contribution in [0.1, 0.15) is 36.5 Å². The first-order chi connectivity index (χ1) is 8.20. The van der Waals surface area contributed by atoms with Gasteiger partial charge in [0.1, 0.15) is 5.75 Å². The molecule has 0 aromatic heterocycles. The number of aliphatic hydroxyl groups is 1. The van der Waals surface area contributed by atoms with E-state index in [-0.39, 0.29) is 6.10 Å². The Morgan fingerprint density at radius 3 is 3.00 bits per heavy atom. The Bertz CT molecular complexity index is 370. The van der Waals surface area contributed by atoms with Gasteiger partial charge in [-0.15, -0.1) is 0 Å². The molecule has 0 radical (unpaired) electrons. The Labute approximate surface area is 102 Å². The van der Waals surface area contributed by atoms with Crippen molar-refractivity contribution in [1.82, 2.24) is 0 Å². The predicted octanol–water partition coefficient (Wildman–Crippen LogP) is 2.61. The molecule has 2 rings (SSSR count). The van der Waals surface area contributed by atoms with Crippen LogP contribution < -0.4 is 4.74 Å². The first-order valence-electron chi connectivity index (χ1n) is 6.15. The lowest BCUT2D eigenvalue weighted by Crippen LogP contribution is -2.12. The zero-order chi connectivity index (χ0) is 12.3. The molecule has 1 fully saturated rings. The van der Waals surface area contributed by atoms with Crippen LogP contribution in [0.5, 0.6) is 5.75 Å². The number of methoxy groups -OCH3 is 1. The molecule has 1 saturated heterocycles. The van der Waals surface area contributed by atoms with E-state index in [0.29, 0.717) is 6.42 Å². The summed E-state index contributed by atoms with van der Waals surface area (Å²) in [6, 6.07) is 5.88. The van der Waals surface area contributed by atoms with Gasteiger partial charge in [-0.05, 0) is 31.9 Å². The lowest BCUT2D eigenvalue weighted by Gasteiger charge is -2.18. The first kappa shape index (κ1) is 12.4. The molecular weight excluding hydrogens is 216 g/mol. The van der Waals surface area contributed by atoms with Crippen LogP contribution in [0, 0.1) is 6.92 Å². The molecule has 1 aliphatic heterocycles. The molecule has 2 atom stereocenters. The van der Waals surface area contributed by atoms with Crippen LogP contribution in [0.4, 0.5) is 0 Å². The SMILES string of the molecule is COc1ccc(C)cc1C(O)CC1CCCO1. The fourth-order valence-electron chi connectivity index (χ4n) is 2.32. The standard InChI is InChI=1S/C14H20O3/c1-10-5-6-14(16-2)12(8-10)13(15)9-11-4-3-7-17-11/h5-6,8,11,13,15H,3-4,7,9H2,1-2H3. The van der Waals surface area contributed by atoms with Crippen molar-refractivity contribution in [2.45, 2.75) is 38.4 Å². The van der Waals surface area contributed by atoms with Crippen LogP contribution in [0.3, 0.4) is 0 Å². The van der Waals surface area contributed by atoms with Crippen molar-refractivity contribution in [3.05, 3.63) is 29.3 Å². The van der Waals surface area contributed by atoms with Crippen molar-refractivity contribution in [3.8, 4) is 5.75 Å². The third kappa shape index (κ3) is 2.99. The number of benzene rings is 1. The summed E-state index contributed by atoms with van der Waals surface area (Å²) >= 11 is 0. The fourth-order valence-corrected chi connectivity index (χ4v) is 2.32. The molecule has 94 valence electrons. The molecule has 1 aliphatic rings. The maximum absolute atomic E-state index is 10.3. The van der Waals surface area contributed by atoms with E-state index in [1.807, 2.05) is 25.1 Å². The van der Waals surface area contributed by atoms with Gasteiger partial charge in [0.25, 0.3) is 0 Å². The summed E-state index contributed by atoms with van der Waals surface area (Å²) in [4.78, 5) is 0. The van der Waals surface area contributed by atoms with Gasteiger partial charge in [0.05, 0.1) is 19.3 Å².